The summed E-state index contributed by atoms with van der Waals surface area (Å²) in [5.41, 5.74) is 4.23. The van der Waals surface area contributed by atoms with Gasteiger partial charge in [-0.25, -0.2) is 0 Å². The molecular formula is C24H26ClN5OS. The van der Waals surface area contributed by atoms with Crippen molar-refractivity contribution in [2.75, 3.05) is 47.0 Å². The van der Waals surface area contributed by atoms with Gasteiger partial charge in [-0.15, -0.1) is 10.2 Å². The number of piperazine rings is 1. The first-order valence-corrected chi connectivity index (χ1v) is 11.9. The molecule has 0 unspecified atom stereocenters. The molecule has 8 heteroatoms. The van der Waals surface area contributed by atoms with Crippen LogP contribution in [0.4, 0.5) is 17.2 Å². The van der Waals surface area contributed by atoms with Crippen LogP contribution in [-0.4, -0.2) is 48.0 Å². The average Bonchev–Trinajstić information content (AvgIpc) is 2.80. The molecule has 1 aliphatic rings. The van der Waals surface area contributed by atoms with Gasteiger partial charge in [0.1, 0.15) is 5.03 Å². The number of aromatic nitrogens is 2. The van der Waals surface area contributed by atoms with Crippen LogP contribution in [0.1, 0.15) is 11.1 Å². The second-order valence-electron chi connectivity index (χ2n) is 7.84. The van der Waals surface area contributed by atoms with Crippen molar-refractivity contribution in [3.05, 3.63) is 70.7 Å². The predicted molar refractivity (Wildman–Crippen MR) is 133 cm³/mol. The lowest BCUT2D eigenvalue weighted by atomic mass is 10.1. The molecule has 0 saturated carbocycles. The second-order valence-corrected chi connectivity index (χ2v) is 9.27. The number of nitrogens with zero attached hydrogens (tertiary/aromatic N) is 4. The highest BCUT2D eigenvalue weighted by molar-refractivity contribution is 7.99. The molecule has 1 N–H and O–H groups in total. The zero-order chi connectivity index (χ0) is 22.5. The minimum atomic E-state index is -0.0510. The number of carbonyl (C=O) groups excluding carboxylic acids is 1. The monoisotopic (exact) mass is 467 g/mol. The molecule has 32 heavy (non-hydrogen) atoms. The summed E-state index contributed by atoms with van der Waals surface area (Å²) in [6, 6.07) is 17.9. The van der Waals surface area contributed by atoms with E-state index in [4.69, 9.17) is 11.6 Å². The van der Waals surface area contributed by atoms with Gasteiger partial charge < -0.3 is 15.1 Å². The summed E-state index contributed by atoms with van der Waals surface area (Å²) in [4.78, 5) is 16.9. The van der Waals surface area contributed by atoms with Gasteiger partial charge in [-0.3, -0.25) is 4.79 Å². The van der Waals surface area contributed by atoms with Gasteiger partial charge in [0.05, 0.1) is 5.75 Å². The lowest BCUT2D eigenvalue weighted by Gasteiger charge is -2.36. The average molecular weight is 468 g/mol. The van der Waals surface area contributed by atoms with E-state index in [0.29, 0.717) is 5.75 Å². The maximum atomic E-state index is 12.3. The molecule has 1 fully saturated rings. The van der Waals surface area contributed by atoms with Gasteiger partial charge in [0.25, 0.3) is 0 Å². The number of hydrogen-bond acceptors (Lipinski definition) is 6. The van der Waals surface area contributed by atoms with Crippen LogP contribution in [0, 0.1) is 13.8 Å². The predicted octanol–water partition coefficient (Wildman–Crippen LogP) is 4.80. The van der Waals surface area contributed by atoms with E-state index in [-0.39, 0.29) is 5.91 Å². The Hall–Kier alpha value is -2.77. The fourth-order valence-corrected chi connectivity index (χ4v) is 4.50. The summed E-state index contributed by atoms with van der Waals surface area (Å²) in [7, 11) is 0. The topological polar surface area (TPSA) is 61.4 Å². The number of rotatable bonds is 6. The van der Waals surface area contributed by atoms with Gasteiger partial charge in [0, 0.05) is 42.6 Å². The first-order chi connectivity index (χ1) is 15.5. The van der Waals surface area contributed by atoms with Crippen LogP contribution in [0.5, 0.6) is 0 Å². The Kier molecular flexibility index (Phi) is 7.17. The molecule has 0 atom stereocenters. The number of anilines is 3. The molecule has 0 radical (unpaired) electrons. The highest BCUT2D eigenvalue weighted by Crippen LogP contribution is 2.23. The summed E-state index contributed by atoms with van der Waals surface area (Å²) in [5.74, 6) is 1.10. The van der Waals surface area contributed by atoms with Crippen molar-refractivity contribution in [1.82, 2.24) is 10.2 Å². The molecule has 6 nitrogen and oxygen atoms in total. The first kappa shape index (κ1) is 22.4. The van der Waals surface area contributed by atoms with Gasteiger partial charge in [0.2, 0.25) is 5.91 Å². The molecule has 4 rings (SSSR count). The third kappa shape index (κ3) is 5.72. The van der Waals surface area contributed by atoms with Crippen LogP contribution in [-0.2, 0) is 4.79 Å². The number of nitrogens with one attached hydrogen (secondary N) is 1. The van der Waals surface area contributed by atoms with Crippen molar-refractivity contribution < 1.29 is 4.79 Å². The van der Waals surface area contributed by atoms with Gasteiger partial charge in [0.15, 0.2) is 5.82 Å². The Morgan fingerprint density at radius 1 is 1.00 bits per heavy atom. The van der Waals surface area contributed by atoms with E-state index in [1.807, 2.05) is 56.3 Å². The highest BCUT2D eigenvalue weighted by Gasteiger charge is 2.19. The Morgan fingerprint density at radius 3 is 2.47 bits per heavy atom. The van der Waals surface area contributed by atoms with Gasteiger partial charge in [-0.05, 0) is 55.8 Å². The number of benzene rings is 2. The minimum Gasteiger partial charge on any atom is -0.368 e. The van der Waals surface area contributed by atoms with Crippen molar-refractivity contribution >= 4 is 46.5 Å². The Labute approximate surface area is 198 Å². The third-order valence-electron chi connectivity index (χ3n) is 5.41. The van der Waals surface area contributed by atoms with Crippen molar-refractivity contribution in [1.29, 1.82) is 0 Å². The summed E-state index contributed by atoms with van der Waals surface area (Å²) < 4.78 is 0. The number of amides is 1. The Morgan fingerprint density at radius 2 is 1.78 bits per heavy atom. The van der Waals surface area contributed by atoms with Crippen LogP contribution in [0.3, 0.4) is 0 Å². The van der Waals surface area contributed by atoms with Crippen molar-refractivity contribution in [2.24, 2.45) is 0 Å². The fraction of sp³-hybridized carbons (Fsp3) is 0.292. The second kappa shape index (κ2) is 10.2. The van der Waals surface area contributed by atoms with Gasteiger partial charge in [-0.2, -0.15) is 0 Å². The summed E-state index contributed by atoms with van der Waals surface area (Å²) in [5, 5.41) is 13.2. The molecule has 1 amide bonds. The summed E-state index contributed by atoms with van der Waals surface area (Å²) in [6.07, 6.45) is 0. The van der Waals surface area contributed by atoms with Crippen LogP contribution in [0.25, 0.3) is 0 Å². The molecular weight excluding hydrogens is 442 g/mol. The van der Waals surface area contributed by atoms with E-state index >= 15 is 0 Å². The molecule has 2 heterocycles. The number of carbonyl (C=O) groups is 1. The molecule has 1 aliphatic heterocycles. The van der Waals surface area contributed by atoms with Crippen molar-refractivity contribution in [2.45, 2.75) is 18.9 Å². The number of thioether (sulfide) groups is 1. The standard InChI is InChI=1S/C24H26ClN5OS/c1-17-6-7-21(18(2)14-17)26-23(31)16-32-24-9-8-22(27-28-24)30-12-10-29(11-13-30)20-5-3-4-19(25)15-20/h3-9,14-15H,10-13,16H2,1-2H3,(H,26,31). The van der Waals surface area contributed by atoms with Crippen LogP contribution in [0.2, 0.25) is 5.02 Å². The minimum absolute atomic E-state index is 0.0510. The number of aryl methyl sites for hydroxylation is 2. The molecule has 0 aliphatic carbocycles. The van der Waals surface area contributed by atoms with E-state index in [9.17, 15) is 4.79 Å². The smallest absolute Gasteiger partial charge is 0.234 e. The quantitative estimate of drug-likeness (QED) is 0.525. The number of hydrogen-bond donors (Lipinski definition) is 1. The van der Waals surface area contributed by atoms with Gasteiger partial charge in [-0.1, -0.05) is 47.1 Å². The van der Waals surface area contributed by atoms with Crippen LogP contribution < -0.4 is 15.1 Å². The molecule has 1 saturated heterocycles. The van der Waals surface area contributed by atoms with Crippen LogP contribution in [0.15, 0.2) is 59.6 Å². The maximum absolute atomic E-state index is 12.3. The summed E-state index contributed by atoms with van der Waals surface area (Å²) >= 11 is 7.51. The third-order valence-corrected chi connectivity index (χ3v) is 6.57. The Balaban J connectivity index is 1.26. The van der Waals surface area contributed by atoms with Gasteiger partial charge >= 0.3 is 0 Å². The SMILES string of the molecule is Cc1ccc(NC(=O)CSc2ccc(N3CCN(c4cccc(Cl)c4)CC3)nn2)c(C)c1. The first-order valence-electron chi connectivity index (χ1n) is 10.6. The normalized spacial score (nSPS) is 13.8. The zero-order valence-electron chi connectivity index (χ0n) is 18.2. The van der Waals surface area contributed by atoms with Crippen molar-refractivity contribution in [3.63, 3.8) is 0 Å². The van der Waals surface area contributed by atoms with E-state index in [2.05, 4.69) is 37.4 Å². The van der Waals surface area contributed by atoms with E-state index in [0.717, 1.165) is 59.0 Å². The lowest BCUT2D eigenvalue weighted by molar-refractivity contribution is -0.113. The highest BCUT2D eigenvalue weighted by atomic mass is 35.5. The van der Waals surface area contributed by atoms with Crippen LogP contribution >= 0.6 is 23.4 Å². The fourth-order valence-electron chi connectivity index (χ4n) is 3.70. The number of halogens is 1. The van der Waals surface area contributed by atoms with E-state index in [1.165, 1.54) is 17.3 Å². The molecule has 0 spiro atoms. The lowest BCUT2D eigenvalue weighted by Crippen LogP contribution is -2.46. The molecule has 0 bridgehead atoms. The largest absolute Gasteiger partial charge is 0.368 e. The zero-order valence-corrected chi connectivity index (χ0v) is 19.8. The van der Waals surface area contributed by atoms with Crippen molar-refractivity contribution in [3.8, 4) is 0 Å². The molecule has 2 aromatic carbocycles. The molecule has 3 aromatic rings. The van der Waals surface area contributed by atoms with E-state index < -0.39 is 0 Å². The Bertz CT molecular complexity index is 1080. The molecule has 1 aromatic heterocycles. The molecule has 166 valence electrons. The summed E-state index contributed by atoms with van der Waals surface area (Å²) in [6.45, 7) is 7.57. The maximum Gasteiger partial charge on any atom is 0.234 e. The van der Waals surface area contributed by atoms with E-state index in [1.54, 1.807) is 0 Å².